The van der Waals surface area contributed by atoms with Crippen LogP contribution >= 0.6 is 0 Å². The Morgan fingerprint density at radius 1 is 1.24 bits per heavy atom. The van der Waals surface area contributed by atoms with Crippen LogP contribution in [-0.4, -0.2) is 46.7 Å². The van der Waals surface area contributed by atoms with Gasteiger partial charge in [0.2, 0.25) is 0 Å². The smallest absolute Gasteiger partial charge is 0.277 e. The second-order valence-corrected chi connectivity index (χ2v) is 7.43. The molecular weight excluding hydrogens is 316 g/mol. The average molecular weight is 346 g/mol. The van der Waals surface area contributed by atoms with Crippen molar-refractivity contribution < 1.29 is 4.79 Å². The summed E-state index contributed by atoms with van der Waals surface area (Å²) in [6, 6.07) is 0.135. The van der Waals surface area contributed by atoms with E-state index in [9.17, 15) is 9.59 Å². The molecular formula is C19H30N4O2. The van der Waals surface area contributed by atoms with E-state index in [-0.39, 0.29) is 23.1 Å². The maximum atomic E-state index is 12.7. The van der Waals surface area contributed by atoms with Crippen LogP contribution in [0.25, 0.3) is 0 Å². The van der Waals surface area contributed by atoms with E-state index < -0.39 is 0 Å². The molecule has 3 rings (SSSR count). The predicted molar refractivity (Wildman–Crippen MR) is 97.9 cm³/mol. The van der Waals surface area contributed by atoms with Gasteiger partial charge in [0.15, 0.2) is 0 Å². The van der Waals surface area contributed by atoms with Crippen molar-refractivity contribution >= 4 is 5.91 Å². The fourth-order valence-electron chi connectivity index (χ4n) is 4.37. The topological polar surface area (TPSA) is 78.1 Å². The first kappa shape index (κ1) is 18.1. The van der Waals surface area contributed by atoms with Crippen molar-refractivity contribution in [3.63, 3.8) is 0 Å². The van der Waals surface area contributed by atoms with E-state index in [1.165, 1.54) is 25.7 Å². The number of aromatic amines is 1. The number of amides is 1. The number of carbonyl (C=O) groups is 1. The molecule has 1 aliphatic heterocycles. The van der Waals surface area contributed by atoms with Gasteiger partial charge in [-0.05, 0) is 43.6 Å². The second-order valence-electron chi connectivity index (χ2n) is 7.43. The molecule has 2 aliphatic rings. The molecule has 25 heavy (non-hydrogen) atoms. The Labute approximate surface area is 149 Å². The maximum absolute atomic E-state index is 12.7. The van der Waals surface area contributed by atoms with Gasteiger partial charge in [-0.3, -0.25) is 9.59 Å². The van der Waals surface area contributed by atoms with Gasteiger partial charge in [0.05, 0.1) is 5.69 Å². The Morgan fingerprint density at radius 3 is 2.68 bits per heavy atom. The number of rotatable bonds is 6. The Balaban J connectivity index is 1.64. The van der Waals surface area contributed by atoms with Crippen molar-refractivity contribution in [1.29, 1.82) is 0 Å². The zero-order valence-corrected chi connectivity index (χ0v) is 15.4. The summed E-state index contributed by atoms with van der Waals surface area (Å²) in [7, 11) is 0. The lowest BCUT2D eigenvalue weighted by Gasteiger charge is -2.20. The average Bonchev–Trinajstić information content (AvgIpc) is 3.26. The molecule has 6 heteroatoms. The lowest BCUT2D eigenvalue weighted by molar-refractivity contribution is 0.0934. The summed E-state index contributed by atoms with van der Waals surface area (Å²) >= 11 is 0. The van der Waals surface area contributed by atoms with Crippen LogP contribution in [0.15, 0.2) is 4.79 Å². The molecule has 1 aliphatic carbocycles. The summed E-state index contributed by atoms with van der Waals surface area (Å²) in [5.41, 5.74) is 1.46. The van der Waals surface area contributed by atoms with Gasteiger partial charge in [0, 0.05) is 25.7 Å². The van der Waals surface area contributed by atoms with Crippen LogP contribution in [0.1, 0.15) is 67.6 Å². The van der Waals surface area contributed by atoms with Crippen molar-refractivity contribution in [3.05, 3.63) is 27.2 Å². The highest BCUT2D eigenvalue weighted by Crippen LogP contribution is 2.26. The molecule has 6 nitrogen and oxygen atoms in total. The van der Waals surface area contributed by atoms with Gasteiger partial charge >= 0.3 is 0 Å². The highest BCUT2D eigenvalue weighted by molar-refractivity contribution is 5.95. The highest BCUT2D eigenvalue weighted by atomic mass is 16.2. The number of nitrogens with zero attached hydrogens (tertiary/aromatic N) is 2. The van der Waals surface area contributed by atoms with Crippen molar-refractivity contribution in [2.45, 2.75) is 64.8 Å². The van der Waals surface area contributed by atoms with Gasteiger partial charge in [0.1, 0.15) is 5.56 Å². The molecule has 1 saturated heterocycles. The fraction of sp³-hybridized carbons (Fsp3) is 0.737. The van der Waals surface area contributed by atoms with Crippen LogP contribution in [0.2, 0.25) is 0 Å². The normalized spacial score (nSPS) is 21.8. The lowest BCUT2D eigenvalue weighted by Crippen LogP contribution is -2.41. The van der Waals surface area contributed by atoms with Gasteiger partial charge < -0.3 is 10.2 Å². The van der Waals surface area contributed by atoms with Crippen molar-refractivity contribution in [1.82, 2.24) is 20.4 Å². The van der Waals surface area contributed by atoms with E-state index in [0.29, 0.717) is 12.8 Å². The van der Waals surface area contributed by atoms with Crippen molar-refractivity contribution in [3.8, 4) is 0 Å². The molecule has 0 spiro atoms. The molecule has 0 radical (unpaired) electrons. The Morgan fingerprint density at radius 2 is 2.00 bits per heavy atom. The van der Waals surface area contributed by atoms with Gasteiger partial charge in [-0.25, -0.2) is 5.10 Å². The van der Waals surface area contributed by atoms with E-state index in [1.54, 1.807) is 0 Å². The minimum Gasteiger partial charge on any atom is -0.348 e. The van der Waals surface area contributed by atoms with Gasteiger partial charge in [0.25, 0.3) is 11.5 Å². The number of carbonyl (C=O) groups excluding carboxylic acids is 1. The number of nitrogens with one attached hydrogen (secondary N) is 2. The van der Waals surface area contributed by atoms with E-state index in [1.807, 2.05) is 13.8 Å². The summed E-state index contributed by atoms with van der Waals surface area (Å²) in [5.74, 6) is 0.583. The third-order valence-corrected chi connectivity index (χ3v) is 5.68. The van der Waals surface area contributed by atoms with Crippen LogP contribution in [0.4, 0.5) is 0 Å². The lowest BCUT2D eigenvalue weighted by atomic mass is 10.0. The summed E-state index contributed by atoms with van der Waals surface area (Å²) < 4.78 is 0. The van der Waals surface area contributed by atoms with Crippen LogP contribution in [0.3, 0.4) is 0 Å². The van der Waals surface area contributed by atoms with E-state index in [0.717, 1.165) is 43.2 Å². The second kappa shape index (κ2) is 8.13. The molecule has 1 aromatic heterocycles. The van der Waals surface area contributed by atoms with Gasteiger partial charge in [-0.2, -0.15) is 5.10 Å². The molecule has 1 atom stereocenters. The molecule has 0 bridgehead atoms. The molecule has 1 amide bonds. The van der Waals surface area contributed by atoms with Crippen molar-refractivity contribution in [2.75, 3.05) is 19.6 Å². The predicted octanol–water partition coefficient (Wildman–Crippen LogP) is 1.89. The Kier molecular flexibility index (Phi) is 5.89. The molecule has 1 saturated carbocycles. The van der Waals surface area contributed by atoms with Crippen LogP contribution in [0, 0.1) is 5.92 Å². The SMILES string of the molecule is CCc1n[nH]c(=O)c(C(=O)NC2CCN(CC3CCCC3)C2)c1CC. The fourth-order valence-corrected chi connectivity index (χ4v) is 4.37. The summed E-state index contributed by atoms with van der Waals surface area (Å²) in [6.07, 6.45) is 7.73. The molecule has 0 aromatic carbocycles. The number of hydrogen-bond donors (Lipinski definition) is 2. The molecule has 2 fully saturated rings. The number of H-pyrrole nitrogens is 1. The summed E-state index contributed by atoms with van der Waals surface area (Å²) in [5, 5.41) is 9.65. The third kappa shape index (κ3) is 4.11. The zero-order valence-electron chi connectivity index (χ0n) is 15.4. The maximum Gasteiger partial charge on any atom is 0.277 e. The third-order valence-electron chi connectivity index (χ3n) is 5.68. The molecule has 2 N–H and O–H groups in total. The molecule has 2 heterocycles. The van der Waals surface area contributed by atoms with E-state index in [2.05, 4.69) is 20.4 Å². The summed E-state index contributed by atoms with van der Waals surface area (Å²) in [4.78, 5) is 27.4. The first-order valence-electron chi connectivity index (χ1n) is 9.76. The minimum absolute atomic E-state index is 0.135. The zero-order chi connectivity index (χ0) is 17.8. The molecule has 1 unspecified atom stereocenters. The van der Waals surface area contributed by atoms with Crippen molar-refractivity contribution in [2.24, 2.45) is 5.92 Å². The number of hydrogen-bond acceptors (Lipinski definition) is 4. The highest BCUT2D eigenvalue weighted by Gasteiger charge is 2.28. The van der Waals surface area contributed by atoms with E-state index in [4.69, 9.17) is 0 Å². The van der Waals surface area contributed by atoms with Gasteiger partial charge in [-0.1, -0.05) is 26.7 Å². The van der Waals surface area contributed by atoms with Crippen LogP contribution in [0.5, 0.6) is 0 Å². The monoisotopic (exact) mass is 346 g/mol. The summed E-state index contributed by atoms with van der Waals surface area (Å²) in [6.45, 7) is 7.04. The first-order chi connectivity index (χ1) is 12.1. The molecule has 1 aromatic rings. The first-order valence-corrected chi connectivity index (χ1v) is 9.76. The number of aromatic nitrogens is 2. The Bertz CT molecular complexity index is 664. The van der Waals surface area contributed by atoms with Crippen LogP contribution < -0.4 is 10.9 Å². The molecule has 138 valence electrons. The van der Waals surface area contributed by atoms with Gasteiger partial charge in [-0.15, -0.1) is 0 Å². The standard InChI is InChI=1S/C19H30N4O2/c1-3-15-16(4-2)21-22-19(25)17(15)18(24)20-14-9-10-23(12-14)11-13-7-5-6-8-13/h13-14H,3-12H2,1-2H3,(H,20,24)(H,22,25). The minimum atomic E-state index is -0.382. The Hall–Kier alpha value is -1.69. The number of aryl methyl sites for hydroxylation is 1. The quantitative estimate of drug-likeness (QED) is 0.824. The number of likely N-dealkylation sites (tertiary alicyclic amines) is 1. The van der Waals surface area contributed by atoms with Crippen LogP contribution in [-0.2, 0) is 12.8 Å². The van der Waals surface area contributed by atoms with E-state index >= 15 is 0 Å². The largest absolute Gasteiger partial charge is 0.348 e.